The zero-order chi connectivity index (χ0) is 50.9. The van der Waals surface area contributed by atoms with E-state index in [9.17, 15) is 59.9 Å². The highest BCUT2D eigenvalue weighted by atomic mass is 31.2. The van der Waals surface area contributed by atoms with Crippen LogP contribution < -0.4 is 0 Å². The van der Waals surface area contributed by atoms with E-state index in [-0.39, 0.29) is 25.7 Å². The van der Waals surface area contributed by atoms with E-state index in [1.54, 1.807) is 12.2 Å². The average Bonchev–Trinajstić information content (AvgIpc) is 3.32. The molecule has 0 aromatic rings. The zero-order valence-electron chi connectivity index (χ0n) is 41.4. The van der Waals surface area contributed by atoms with E-state index in [0.717, 1.165) is 70.6 Å². The lowest BCUT2D eigenvalue weighted by molar-refractivity contribution is -0.167. The van der Waals surface area contributed by atoms with Crippen LogP contribution in [0.1, 0.15) is 168 Å². The summed E-state index contributed by atoms with van der Waals surface area (Å²) >= 11 is 0. The van der Waals surface area contributed by atoms with Gasteiger partial charge in [-0.1, -0.05) is 139 Å². The van der Waals surface area contributed by atoms with E-state index in [2.05, 4.69) is 43.4 Å². The van der Waals surface area contributed by atoms with Crippen LogP contribution in [0.2, 0.25) is 0 Å². The Bertz CT molecular complexity index is 1570. The number of fused-ring (bicyclic) bond motifs is 4. The lowest BCUT2D eigenvalue weighted by Crippen LogP contribution is -2.55. The van der Waals surface area contributed by atoms with Crippen molar-refractivity contribution >= 4 is 19.8 Å². The van der Waals surface area contributed by atoms with Crippen LogP contribution in [-0.2, 0) is 32.7 Å². The van der Waals surface area contributed by atoms with Gasteiger partial charge in [-0.3, -0.25) is 18.6 Å². The smallest absolute Gasteiger partial charge is 0.462 e. The van der Waals surface area contributed by atoms with E-state index in [1.807, 2.05) is 6.92 Å². The van der Waals surface area contributed by atoms with E-state index >= 15 is 0 Å². The van der Waals surface area contributed by atoms with Gasteiger partial charge in [0.1, 0.15) is 31.0 Å². The van der Waals surface area contributed by atoms with Gasteiger partial charge in [-0.15, -0.1) is 0 Å². The maximum atomic E-state index is 13.5. The number of phosphoric ester groups is 1. The molecule has 0 aromatic heterocycles. The highest BCUT2D eigenvalue weighted by molar-refractivity contribution is 7.47. The molecule has 1 saturated carbocycles. The molecular formula is C52H89O16P. The minimum atomic E-state index is -5.44. The first kappa shape index (κ1) is 62.5. The summed E-state index contributed by atoms with van der Waals surface area (Å²) in [6, 6.07) is 0. The number of phosphoric acid groups is 1. The molecule has 16 nitrogen and oxygen atoms in total. The molecule has 0 amide bonds. The molecule has 0 spiro atoms. The van der Waals surface area contributed by atoms with Crippen molar-refractivity contribution in [3.05, 3.63) is 60.8 Å². The van der Waals surface area contributed by atoms with Crippen LogP contribution in [0.25, 0.3) is 0 Å². The molecule has 9 N–H and O–H groups in total. The van der Waals surface area contributed by atoms with Gasteiger partial charge in [0.15, 0.2) is 6.10 Å². The second-order valence-corrected chi connectivity index (χ2v) is 20.0. The first-order valence-electron chi connectivity index (χ1n) is 25.8. The first-order chi connectivity index (χ1) is 33.1. The van der Waals surface area contributed by atoms with Gasteiger partial charge in [0, 0.05) is 31.1 Å². The Hall–Kier alpha value is -2.57. The zero-order valence-corrected chi connectivity index (χ0v) is 42.3. The van der Waals surface area contributed by atoms with Crippen molar-refractivity contribution in [1.29, 1.82) is 0 Å². The van der Waals surface area contributed by atoms with E-state index in [1.165, 1.54) is 37.8 Å². The van der Waals surface area contributed by atoms with Gasteiger partial charge in [0.25, 0.3) is 0 Å². The summed E-state index contributed by atoms with van der Waals surface area (Å²) < 4.78 is 34.7. The van der Waals surface area contributed by atoms with Gasteiger partial charge in [-0.05, 0) is 70.6 Å². The van der Waals surface area contributed by atoms with Crippen molar-refractivity contribution in [2.24, 2.45) is 11.8 Å². The third-order valence-corrected chi connectivity index (χ3v) is 13.6. The molecule has 1 heterocycles. The van der Waals surface area contributed by atoms with E-state index < -0.39 is 112 Å². The summed E-state index contributed by atoms with van der Waals surface area (Å²) in [4.78, 5) is 36.5. The maximum absolute atomic E-state index is 13.5. The number of ether oxygens (including phenoxy) is 2. The summed E-state index contributed by atoms with van der Waals surface area (Å²) in [6.45, 7) is 2.81. The van der Waals surface area contributed by atoms with Crippen LogP contribution in [0.3, 0.4) is 0 Å². The second kappa shape index (κ2) is 37.2. The molecule has 17 heteroatoms. The summed E-state index contributed by atoms with van der Waals surface area (Å²) in [7, 11) is -5.44. The van der Waals surface area contributed by atoms with Crippen LogP contribution in [0.15, 0.2) is 60.8 Å². The fraction of sp³-hybridized carbons (Fsp3) is 0.769. The predicted molar refractivity (Wildman–Crippen MR) is 264 cm³/mol. The number of rotatable bonds is 26. The normalized spacial score (nSPS) is 31.1. The summed E-state index contributed by atoms with van der Waals surface area (Å²) in [5.74, 6) is -4.03. The fourth-order valence-corrected chi connectivity index (χ4v) is 9.32. The SMILES string of the molecule is CCCCCC/C=C\C/C=C\C/C=C\CCCCCCCCC(=O)OC[C@@H]1COP(=O)(O)O[C@H]2[C@H](O)[C@@H](O)[C@H](O)[C@@H](CC=CCCCC(=O)O1)[C@@H](O)C[C@@H](O)[C@H](/C=C/[C@@H](O)CCCCC)[C@@H](O)[C@H]2O. The highest BCUT2D eigenvalue weighted by Crippen LogP contribution is 2.47. The average molecular weight is 1000 g/mol. The maximum Gasteiger partial charge on any atom is 0.472 e. The molecule has 398 valence electrons. The molecule has 1 aliphatic carbocycles. The molecule has 2 bridgehead atoms. The molecule has 0 radical (unpaired) electrons. The van der Waals surface area contributed by atoms with Gasteiger partial charge in [-0.2, -0.15) is 0 Å². The van der Waals surface area contributed by atoms with Gasteiger partial charge in [0.2, 0.25) is 0 Å². The summed E-state index contributed by atoms with van der Waals surface area (Å²) in [6.07, 6.45) is 17.5. The van der Waals surface area contributed by atoms with Gasteiger partial charge in [0.05, 0.1) is 37.1 Å². The summed E-state index contributed by atoms with van der Waals surface area (Å²) in [5, 5.41) is 90.0. The quantitative estimate of drug-likeness (QED) is 0.0178. The van der Waals surface area contributed by atoms with Gasteiger partial charge < -0.3 is 55.2 Å². The third kappa shape index (κ3) is 27.2. The van der Waals surface area contributed by atoms with Crippen LogP contribution in [0.5, 0.6) is 0 Å². The molecule has 1 fully saturated rings. The Labute approximate surface area is 411 Å². The van der Waals surface area contributed by atoms with Crippen molar-refractivity contribution in [2.75, 3.05) is 13.2 Å². The number of aliphatic hydroxyl groups is 8. The van der Waals surface area contributed by atoms with E-state index in [4.69, 9.17) is 18.5 Å². The lowest BCUT2D eigenvalue weighted by Gasteiger charge is -2.37. The van der Waals surface area contributed by atoms with Crippen LogP contribution in [-0.4, -0.2) is 132 Å². The largest absolute Gasteiger partial charge is 0.472 e. The topological polar surface area (TPSA) is 270 Å². The molecule has 69 heavy (non-hydrogen) atoms. The monoisotopic (exact) mass is 1000 g/mol. The molecule has 13 atom stereocenters. The minimum absolute atomic E-state index is 0.0923. The van der Waals surface area contributed by atoms with Crippen molar-refractivity contribution in [1.82, 2.24) is 0 Å². The van der Waals surface area contributed by atoms with Crippen molar-refractivity contribution in [3.63, 3.8) is 0 Å². The molecule has 1 aliphatic heterocycles. The van der Waals surface area contributed by atoms with Crippen molar-refractivity contribution < 1.29 is 78.4 Å². The highest BCUT2D eigenvalue weighted by Gasteiger charge is 2.49. The molecule has 0 aromatic carbocycles. The fourth-order valence-electron chi connectivity index (χ4n) is 8.35. The Morgan fingerprint density at radius 1 is 0.754 bits per heavy atom. The second-order valence-electron chi connectivity index (χ2n) is 18.6. The molecule has 2 rings (SSSR count). The van der Waals surface area contributed by atoms with Crippen LogP contribution in [0, 0.1) is 11.8 Å². The Morgan fingerprint density at radius 2 is 1.35 bits per heavy atom. The van der Waals surface area contributed by atoms with E-state index in [0.29, 0.717) is 25.7 Å². The van der Waals surface area contributed by atoms with Crippen LogP contribution in [0.4, 0.5) is 0 Å². The van der Waals surface area contributed by atoms with Crippen molar-refractivity contribution in [2.45, 2.75) is 229 Å². The molecule has 0 saturated heterocycles. The van der Waals surface area contributed by atoms with Crippen molar-refractivity contribution in [3.8, 4) is 0 Å². The molecule has 2 aliphatic rings. The lowest BCUT2D eigenvalue weighted by atomic mass is 9.83. The van der Waals surface area contributed by atoms with Crippen LogP contribution >= 0.6 is 7.82 Å². The number of hydrogen-bond donors (Lipinski definition) is 9. The third-order valence-electron chi connectivity index (χ3n) is 12.6. The summed E-state index contributed by atoms with van der Waals surface area (Å²) in [5.41, 5.74) is 0. The minimum Gasteiger partial charge on any atom is -0.462 e. The number of unbranched alkanes of at least 4 members (excludes halogenated alkanes) is 12. The first-order valence-corrected chi connectivity index (χ1v) is 27.3. The molecular weight excluding hydrogens is 912 g/mol. The molecule has 1 unspecified atom stereocenters. The Kier molecular flexibility index (Phi) is 33.7. The Morgan fingerprint density at radius 3 is 2.01 bits per heavy atom. The number of allylic oxidation sites excluding steroid dienone is 8. The predicted octanol–water partition coefficient (Wildman–Crippen LogP) is 7.27. The number of esters is 2. The van der Waals surface area contributed by atoms with Gasteiger partial charge in [-0.25, -0.2) is 4.57 Å². The van der Waals surface area contributed by atoms with Gasteiger partial charge >= 0.3 is 19.8 Å². The number of cyclic esters (lactones) is 1. The standard InChI is InChI=1S/C52H89O16P/c1-3-5-7-8-9-10-11-12-13-14-15-16-17-18-19-20-21-22-23-28-32-45(56)65-37-40-38-66-69(63,64)68-52-50(61)48(59)42(35-34-39(53)30-26-6-4-2)44(55)36-43(54)41(47(58)49(60)51(52)62)31-27-24-25-29-33-46(57)67-40/h10-11,13-14,16-17,24,27,34-35,39-44,47-55,58-62H,3-9,12,15,18-23,25-26,28-33,36-38H2,1-2H3,(H,63,64)/b11-10-,14-13-,17-16-,27-24?,35-34+/t39-,40+,41-,42-,43-,44+,47+,48+,49-,50+,51+,52+/m0/s1. The Balaban J connectivity index is 2.03. The number of carbonyl (C=O) groups is 2. The number of carbonyl (C=O) groups excluding carboxylic acids is 2. The number of hydrogen-bond acceptors (Lipinski definition) is 15. The number of aliphatic hydroxyl groups excluding tert-OH is 8.